The number of carbonyl (C=O) groups is 1. The minimum atomic E-state index is -0.646. The number of carbonyl (C=O) groups excluding carboxylic acids is 1. The minimum Gasteiger partial charge on any atom is -0.461 e. The fraction of sp³-hybridized carbons (Fsp3) is 0.167. The average molecular weight is 376 g/mol. The molecule has 1 aromatic heterocycles. The number of anilines is 1. The number of esters is 1. The summed E-state index contributed by atoms with van der Waals surface area (Å²) < 4.78 is 23.7. The summed E-state index contributed by atoms with van der Waals surface area (Å²) in [6.45, 7) is 1.90. The first-order chi connectivity index (χ1) is 9.02. The molecule has 2 aromatic rings. The predicted molar refractivity (Wildman–Crippen MR) is 75.0 cm³/mol. The van der Waals surface area contributed by atoms with Gasteiger partial charge in [-0.3, -0.25) is 0 Å². The molecule has 0 spiro atoms. The fourth-order valence-corrected chi connectivity index (χ4v) is 2.16. The van der Waals surface area contributed by atoms with E-state index in [1.165, 1.54) is 18.2 Å². The molecule has 0 fully saturated rings. The molecule has 1 heterocycles. The molecule has 19 heavy (non-hydrogen) atoms. The zero-order valence-corrected chi connectivity index (χ0v) is 12.1. The lowest BCUT2D eigenvalue weighted by atomic mass is 10.2. The Morgan fingerprint density at radius 2 is 2.32 bits per heavy atom. The Bertz CT molecular complexity index is 627. The van der Waals surface area contributed by atoms with Gasteiger partial charge in [0, 0.05) is 3.57 Å². The molecule has 7 heteroatoms. The van der Waals surface area contributed by atoms with E-state index < -0.39 is 5.97 Å². The number of rotatable bonds is 3. The van der Waals surface area contributed by atoms with E-state index in [4.69, 9.17) is 14.9 Å². The van der Waals surface area contributed by atoms with E-state index in [2.05, 4.69) is 4.98 Å². The first kappa shape index (κ1) is 13.8. The summed E-state index contributed by atoms with van der Waals surface area (Å²) in [7, 11) is 0. The summed E-state index contributed by atoms with van der Waals surface area (Å²) in [6.07, 6.45) is 0. The molecule has 1 aromatic carbocycles. The molecule has 0 saturated heterocycles. The van der Waals surface area contributed by atoms with Gasteiger partial charge >= 0.3 is 5.97 Å². The van der Waals surface area contributed by atoms with Crippen molar-refractivity contribution in [3.05, 3.63) is 33.3 Å². The predicted octanol–water partition coefficient (Wildman–Crippen LogP) is 2.84. The minimum absolute atomic E-state index is 0.0722. The van der Waals surface area contributed by atoms with Crippen LogP contribution in [0.2, 0.25) is 0 Å². The Morgan fingerprint density at radius 3 is 2.95 bits per heavy atom. The monoisotopic (exact) mass is 376 g/mol. The molecule has 0 aliphatic carbocycles. The number of aromatic nitrogens is 1. The molecule has 0 aliphatic heterocycles. The van der Waals surface area contributed by atoms with Crippen LogP contribution in [0.1, 0.15) is 17.4 Å². The van der Waals surface area contributed by atoms with Crippen LogP contribution in [-0.4, -0.2) is 17.6 Å². The van der Waals surface area contributed by atoms with Crippen molar-refractivity contribution in [2.45, 2.75) is 6.92 Å². The molecule has 0 radical (unpaired) electrons. The van der Waals surface area contributed by atoms with Crippen molar-refractivity contribution in [2.24, 2.45) is 0 Å². The fourth-order valence-electron chi connectivity index (χ4n) is 1.46. The van der Waals surface area contributed by atoms with Crippen LogP contribution in [0.4, 0.5) is 10.3 Å². The van der Waals surface area contributed by atoms with Gasteiger partial charge in [-0.2, -0.15) is 4.98 Å². The quantitative estimate of drug-likeness (QED) is 0.659. The lowest BCUT2D eigenvalue weighted by Crippen LogP contribution is -2.07. The maximum atomic E-state index is 13.0. The van der Waals surface area contributed by atoms with E-state index in [0.717, 1.165) is 0 Å². The van der Waals surface area contributed by atoms with E-state index in [1.54, 1.807) is 6.92 Å². The molecule has 2 rings (SSSR count). The molecule has 5 nitrogen and oxygen atoms in total. The summed E-state index contributed by atoms with van der Waals surface area (Å²) in [4.78, 5) is 15.6. The van der Waals surface area contributed by atoms with Gasteiger partial charge in [-0.1, -0.05) is 0 Å². The number of nitrogens with two attached hydrogens (primary N) is 1. The van der Waals surface area contributed by atoms with Gasteiger partial charge in [-0.15, -0.1) is 0 Å². The molecule has 2 N–H and O–H groups in total. The topological polar surface area (TPSA) is 78.3 Å². The van der Waals surface area contributed by atoms with Crippen molar-refractivity contribution in [1.29, 1.82) is 0 Å². The van der Waals surface area contributed by atoms with E-state index in [1.807, 2.05) is 22.6 Å². The van der Waals surface area contributed by atoms with Crippen LogP contribution in [0, 0.1) is 9.39 Å². The lowest BCUT2D eigenvalue weighted by molar-refractivity contribution is 0.0521. The maximum absolute atomic E-state index is 13.0. The van der Waals surface area contributed by atoms with Crippen molar-refractivity contribution in [3.8, 4) is 11.5 Å². The third kappa shape index (κ3) is 2.86. The molecule has 0 amide bonds. The number of oxazole rings is 1. The van der Waals surface area contributed by atoms with E-state index in [0.29, 0.717) is 9.13 Å². The zero-order chi connectivity index (χ0) is 14.0. The number of ether oxygens (including phenoxy) is 1. The Hall–Kier alpha value is -1.64. The summed E-state index contributed by atoms with van der Waals surface area (Å²) in [5, 5.41) is 0. The third-order valence-electron chi connectivity index (χ3n) is 2.28. The first-order valence-electron chi connectivity index (χ1n) is 5.41. The van der Waals surface area contributed by atoms with Crippen LogP contribution in [0.5, 0.6) is 0 Å². The zero-order valence-electron chi connectivity index (χ0n) is 9.94. The highest BCUT2D eigenvalue weighted by Gasteiger charge is 2.21. The second-order valence-corrected chi connectivity index (χ2v) is 4.74. The van der Waals surface area contributed by atoms with Gasteiger partial charge in [0.15, 0.2) is 0 Å². The number of nitrogens with zero attached hydrogens (tertiary/aromatic N) is 1. The Morgan fingerprint density at radius 1 is 1.58 bits per heavy atom. The number of hydrogen-bond donors (Lipinski definition) is 1. The first-order valence-corrected chi connectivity index (χ1v) is 6.49. The second kappa shape index (κ2) is 5.55. The van der Waals surface area contributed by atoms with Crippen LogP contribution in [0.25, 0.3) is 11.5 Å². The Labute approximate surface area is 122 Å². The van der Waals surface area contributed by atoms with E-state index >= 15 is 0 Å². The summed E-state index contributed by atoms with van der Waals surface area (Å²) >= 11 is 1.95. The largest absolute Gasteiger partial charge is 0.461 e. The van der Waals surface area contributed by atoms with Crippen LogP contribution in [0.15, 0.2) is 22.6 Å². The van der Waals surface area contributed by atoms with Crippen molar-refractivity contribution < 1.29 is 18.3 Å². The number of halogens is 2. The van der Waals surface area contributed by atoms with E-state index in [9.17, 15) is 9.18 Å². The van der Waals surface area contributed by atoms with Crippen molar-refractivity contribution in [1.82, 2.24) is 4.98 Å². The molecule has 0 atom stereocenters. The van der Waals surface area contributed by atoms with Gasteiger partial charge < -0.3 is 14.9 Å². The van der Waals surface area contributed by atoms with Gasteiger partial charge in [0.1, 0.15) is 5.82 Å². The van der Waals surface area contributed by atoms with Crippen molar-refractivity contribution in [2.75, 3.05) is 12.3 Å². The summed E-state index contributed by atoms with van der Waals surface area (Å²) in [5.41, 5.74) is 6.07. The SMILES string of the molecule is CCOC(=O)c1nc(-c2ccc(F)cc2I)oc1N. The van der Waals surface area contributed by atoms with Gasteiger partial charge in [0.05, 0.1) is 12.2 Å². The molecule has 0 saturated carbocycles. The van der Waals surface area contributed by atoms with Crippen LogP contribution in [-0.2, 0) is 4.74 Å². The average Bonchev–Trinajstić information content (AvgIpc) is 2.71. The normalized spacial score (nSPS) is 10.5. The maximum Gasteiger partial charge on any atom is 0.362 e. The number of hydrogen-bond acceptors (Lipinski definition) is 5. The van der Waals surface area contributed by atoms with Crippen LogP contribution >= 0.6 is 22.6 Å². The van der Waals surface area contributed by atoms with Crippen molar-refractivity contribution >= 4 is 34.4 Å². The van der Waals surface area contributed by atoms with Crippen LogP contribution in [0.3, 0.4) is 0 Å². The van der Waals surface area contributed by atoms with Crippen LogP contribution < -0.4 is 5.73 Å². The number of benzene rings is 1. The summed E-state index contributed by atoms with van der Waals surface area (Å²) in [6, 6.07) is 4.12. The van der Waals surface area contributed by atoms with Gasteiger partial charge in [-0.25, -0.2) is 9.18 Å². The Balaban J connectivity index is 2.42. The standard InChI is InChI=1S/C12H10FIN2O3/c1-2-18-12(17)9-10(15)19-11(16-9)7-4-3-6(13)5-8(7)14/h3-5H,2,15H2,1H3. The molecule has 0 bridgehead atoms. The summed E-state index contributed by atoms with van der Waals surface area (Å²) in [5.74, 6) is -0.969. The van der Waals surface area contributed by atoms with Crippen molar-refractivity contribution in [3.63, 3.8) is 0 Å². The molecule has 0 unspecified atom stereocenters. The highest BCUT2D eigenvalue weighted by molar-refractivity contribution is 14.1. The van der Waals surface area contributed by atoms with Gasteiger partial charge in [-0.05, 0) is 47.7 Å². The lowest BCUT2D eigenvalue weighted by Gasteiger charge is -1.99. The van der Waals surface area contributed by atoms with Gasteiger partial charge in [0.25, 0.3) is 0 Å². The second-order valence-electron chi connectivity index (χ2n) is 3.58. The smallest absolute Gasteiger partial charge is 0.362 e. The molecular weight excluding hydrogens is 366 g/mol. The molecular formula is C12H10FIN2O3. The number of nitrogen functional groups attached to an aromatic ring is 1. The highest BCUT2D eigenvalue weighted by atomic mass is 127. The molecule has 0 aliphatic rings. The highest BCUT2D eigenvalue weighted by Crippen LogP contribution is 2.28. The van der Waals surface area contributed by atoms with Gasteiger partial charge in [0.2, 0.25) is 17.5 Å². The Kier molecular flexibility index (Phi) is 4.03. The van der Waals surface area contributed by atoms with E-state index in [-0.39, 0.29) is 29.9 Å². The third-order valence-corrected chi connectivity index (χ3v) is 3.18. The molecule has 100 valence electrons.